The van der Waals surface area contributed by atoms with Gasteiger partial charge < -0.3 is 16.2 Å². The van der Waals surface area contributed by atoms with Gasteiger partial charge in [-0.15, -0.1) is 0 Å². The normalized spacial score (nSPS) is 12.5. The van der Waals surface area contributed by atoms with Gasteiger partial charge in [-0.2, -0.15) is 0 Å². The zero-order valence-electron chi connectivity index (χ0n) is 12.9. The van der Waals surface area contributed by atoms with Crippen molar-refractivity contribution in [2.75, 3.05) is 13.2 Å². The quantitative estimate of drug-likeness (QED) is 0.309. The third-order valence-corrected chi connectivity index (χ3v) is 4.59. The molecule has 0 radical (unpaired) electrons. The molecule has 0 saturated carbocycles. The molecule has 0 aliphatic heterocycles. The lowest BCUT2D eigenvalue weighted by Gasteiger charge is -2.11. The molecule has 0 fully saturated rings. The number of nitrogens with zero attached hydrogens (tertiary/aromatic N) is 1. The van der Waals surface area contributed by atoms with Crippen LogP contribution in [0.1, 0.15) is 19.3 Å². The SMILES string of the molecule is NC(=O)OCC(N)CCCCNS(=O)(=O)c1ccccc1[N+](=O)[O-]. The number of benzene rings is 1. The second kappa shape index (κ2) is 9.15. The predicted octanol–water partition coefficient (Wildman–Crippen LogP) is 0.466. The van der Waals surface area contributed by atoms with Crippen molar-refractivity contribution in [3.8, 4) is 0 Å². The van der Waals surface area contributed by atoms with Crippen LogP contribution in [0.25, 0.3) is 0 Å². The van der Waals surface area contributed by atoms with E-state index >= 15 is 0 Å². The largest absolute Gasteiger partial charge is 0.448 e. The summed E-state index contributed by atoms with van der Waals surface area (Å²) in [7, 11) is -3.97. The molecule has 11 heteroatoms. The average molecular weight is 360 g/mol. The molecule has 1 aromatic rings. The van der Waals surface area contributed by atoms with Crippen LogP contribution in [-0.4, -0.2) is 38.6 Å². The number of nitrogens with two attached hydrogens (primary N) is 2. The van der Waals surface area contributed by atoms with Crippen molar-refractivity contribution >= 4 is 21.8 Å². The van der Waals surface area contributed by atoms with Crippen molar-refractivity contribution in [3.05, 3.63) is 34.4 Å². The average Bonchev–Trinajstić information content (AvgIpc) is 2.52. The van der Waals surface area contributed by atoms with E-state index in [2.05, 4.69) is 9.46 Å². The Labute approximate surface area is 139 Å². The van der Waals surface area contributed by atoms with E-state index in [9.17, 15) is 23.3 Å². The Hall–Kier alpha value is -2.24. The van der Waals surface area contributed by atoms with Crippen LogP contribution in [-0.2, 0) is 14.8 Å². The van der Waals surface area contributed by atoms with Gasteiger partial charge in [-0.25, -0.2) is 17.9 Å². The number of hydrogen-bond donors (Lipinski definition) is 3. The second-order valence-corrected chi connectivity index (χ2v) is 6.74. The molecular formula is C13H20N4O6S. The first-order valence-electron chi connectivity index (χ1n) is 7.15. The summed E-state index contributed by atoms with van der Waals surface area (Å²) >= 11 is 0. The molecule has 0 aliphatic carbocycles. The van der Waals surface area contributed by atoms with E-state index in [4.69, 9.17) is 11.5 Å². The molecule has 1 atom stereocenters. The third kappa shape index (κ3) is 6.48. The van der Waals surface area contributed by atoms with Gasteiger partial charge in [-0.05, 0) is 18.9 Å². The number of rotatable bonds is 10. The van der Waals surface area contributed by atoms with Crippen LogP contribution >= 0.6 is 0 Å². The molecule has 1 rings (SSSR count). The van der Waals surface area contributed by atoms with Crippen molar-refractivity contribution in [1.29, 1.82) is 0 Å². The number of carbonyl (C=O) groups is 1. The van der Waals surface area contributed by atoms with Crippen molar-refractivity contribution in [1.82, 2.24) is 4.72 Å². The Bertz CT molecular complexity index is 679. The van der Waals surface area contributed by atoms with Gasteiger partial charge in [0.1, 0.15) is 6.61 Å². The summed E-state index contributed by atoms with van der Waals surface area (Å²) in [5.41, 5.74) is 10.0. The lowest BCUT2D eigenvalue weighted by atomic mass is 10.1. The van der Waals surface area contributed by atoms with Gasteiger partial charge in [0.15, 0.2) is 4.90 Å². The lowest BCUT2D eigenvalue weighted by Crippen LogP contribution is -2.30. The highest BCUT2D eigenvalue weighted by Gasteiger charge is 2.24. The first-order valence-corrected chi connectivity index (χ1v) is 8.63. The number of carbonyl (C=O) groups excluding carboxylic acids is 1. The lowest BCUT2D eigenvalue weighted by molar-refractivity contribution is -0.387. The highest BCUT2D eigenvalue weighted by Crippen LogP contribution is 2.22. The van der Waals surface area contributed by atoms with E-state index in [-0.39, 0.29) is 24.1 Å². The number of hydrogen-bond acceptors (Lipinski definition) is 7. The Morgan fingerprint density at radius 1 is 1.33 bits per heavy atom. The standard InChI is InChI=1S/C13H20N4O6S/c14-10(9-23-13(15)18)5-3-4-8-16-24(21,22)12-7-2-1-6-11(12)17(19)20/h1-2,6-7,10,16H,3-5,8-9,14H2,(H2,15,18). The van der Waals surface area contributed by atoms with Gasteiger partial charge in [-0.1, -0.05) is 18.6 Å². The summed E-state index contributed by atoms with van der Waals surface area (Å²) in [5, 5.41) is 10.9. The van der Waals surface area contributed by atoms with E-state index in [1.165, 1.54) is 18.2 Å². The molecular weight excluding hydrogens is 340 g/mol. The topological polar surface area (TPSA) is 168 Å². The number of unbranched alkanes of at least 4 members (excludes halogenated alkanes) is 1. The third-order valence-electron chi connectivity index (χ3n) is 3.08. The fourth-order valence-electron chi connectivity index (χ4n) is 1.92. The second-order valence-electron chi connectivity index (χ2n) is 5.01. The molecule has 24 heavy (non-hydrogen) atoms. The fraction of sp³-hybridized carbons (Fsp3) is 0.462. The van der Waals surface area contributed by atoms with Crippen molar-refractivity contribution in [3.63, 3.8) is 0 Å². The van der Waals surface area contributed by atoms with Crippen molar-refractivity contribution in [2.24, 2.45) is 11.5 Å². The molecule has 0 spiro atoms. The molecule has 0 saturated heterocycles. The van der Waals surface area contributed by atoms with Crippen LogP contribution in [0.5, 0.6) is 0 Å². The van der Waals surface area contributed by atoms with E-state index < -0.39 is 26.7 Å². The Morgan fingerprint density at radius 3 is 2.62 bits per heavy atom. The van der Waals surface area contributed by atoms with Crippen molar-refractivity contribution in [2.45, 2.75) is 30.2 Å². The minimum Gasteiger partial charge on any atom is -0.448 e. The first kappa shape index (κ1) is 19.8. The first-order chi connectivity index (χ1) is 11.2. The van der Waals surface area contributed by atoms with E-state index in [1.807, 2.05) is 0 Å². The number of nitrogens with one attached hydrogen (secondary N) is 1. The molecule has 0 aromatic heterocycles. The van der Waals surface area contributed by atoms with Gasteiger partial charge in [0, 0.05) is 18.7 Å². The summed E-state index contributed by atoms with van der Waals surface area (Å²) < 4.78 is 31.1. The number of ether oxygens (including phenoxy) is 1. The smallest absolute Gasteiger partial charge is 0.404 e. The maximum Gasteiger partial charge on any atom is 0.404 e. The molecule has 1 amide bonds. The molecule has 1 unspecified atom stereocenters. The van der Waals surface area contributed by atoms with Crippen molar-refractivity contribution < 1.29 is 22.9 Å². The molecule has 0 aliphatic rings. The van der Waals surface area contributed by atoms with Gasteiger partial charge in [0.25, 0.3) is 5.69 Å². The molecule has 134 valence electrons. The van der Waals surface area contributed by atoms with Crippen LogP contribution in [0.15, 0.2) is 29.2 Å². The number of nitro benzene ring substituents is 1. The Kier molecular flexibility index (Phi) is 7.55. The fourth-order valence-corrected chi connectivity index (χ4v) is 3.17. The maximum absolute atomic E-state index is 12.1. The minimum atomic E-state index is -3.97. The molecule has 0 heterocycles. The van der Waals surface area contributed by atoms with Gasteiger partial charge in [0.05, 0.1) is 4.92 Å². The zero-order chi connectivity index (χ0) is 18.2. The molecule has 1 aromatic carbocycles. The molecule has 5 N–H and O–H groups in total. The zero-order valence-corrected chi connectivity index (χ0v) is 13.7. The Balaban J connectivity index is 2.45. The van der Waals surface area contributed by atoms with Gasteiger partial charge in [0.2, 0.25) is 10.0 Å². The summed E-state index contributed by atoms with van der Waals surface area (Å²) in [6.07, 6.45) is 0.676. The van der Waals surface area contributed by atoms with Crippen LogP contribution in [0.2, 0.25) is 0 Å². The molecule has 10 nitrogen and oxygen atoms in total. The monoisotopic (exact) mass is 360 g/mol. The van der Waals surface area contributed by atoms with Gasteiger partial charge in [-0.3, -0.25) is 10.1 Å². The number of amides is 1. The van der Waals surface area contributed by atoms with Crippen LogP contribution in [0.3, 0.4) is 0 Å². The summed E-state index contributed by atoms with van der Waals surface area (Å²) in [4.78, 5) is 20.2. The Morgan fingerprint density at radius 2 is 2.00 bits per heavy atom. The summed E-state index contributed by atoms with van der Waals surface area (Å²) in [6, 6.07) is 4.74. The summed E-state index contributed by atoms with van der Waals surface area (Å²) in [6.45, 7) is 0.106. The number of para-hydroxylation sites is 1. The number of sulfonamides is 1. The van der Waals surface area contributed by atoms with Gasteiger partial charge >= 0.3 is 6.09 Å². The van der Waals surface area contributed by atoms with Crippen LogP contribution < -0.4 is 16.2 Å². The maximum atomic E-state index is 12.1. The van der Waals surface area contributed by atoms with E-state index in [0.717, 1.165) is 6.07 Å². The summed E-state index contributed by atoms with van der Waals surface area (Å²) in [5.74, 6) is 0. The van der Waals surface area contributed by atoms with Crippen LogP contribution in [0.4, 0.5) is 10.5 Å². The van der Waals surface area contributed by atoms with E-state index in [1.54, 1.807) is 0 Å². The molecule has 0 bridgehead atoms. The highest BCUT2D eigenvalue weighted by molar-refractivity contribution is 7.89. The number of primary amides is 1. The minimum absolute atomic E-state index is 0.00271. The van der Waals surface area contributed by atoms with E-state index in [0.29, 0.717) is 19.3 Å². The number of nitro groups is 1. The van der Waals surface area contributed by atoms with Crippen LogP contribution in [0, 0.1) is 10.1 Å². The predicted molar refractivity (Wildman–Crippen MR) is 85.6 cm³/mol. The highest BCUT2D eigenvalue weighted by atomic mass is 32.2.